The molecule has 0 aliphatic carbocycles. The third kappa shape index (κ3) is 2.86. The molecular weight excluding hydrogens is 354 g/mol. The van der Waals surface area contributed by atoms with Gasteiger partial charge in [-0.1, -0.05) is 23.8 Å². The summed E-state index contributed by atoms with van der Waals surface area (Å²) in [6, 6.07) is 11.9. The average molecular weight is 367 g/mol. The largest absolute Gasteiger partial charge is 0.454 e. The molecule has 1 fully saturated rings. The molecule has 2 aliphatic rings. The molecule has 0 bridgehead atoms. The lowest BCUT2D eigenvalue weighted by atomic mass is 10.1. The lowest BCUT2D eigenvalue weighted by Crippen LogP contribution is -2.34. The number of carbonyl (C=O) groups excluding carboxylic acids is 3. The number of amides is 3. The van der Waals surface area contributed by atoms with E-state index in [0.717, 1.165) is 17.3 Å². The van der Waals surface area contributed by atoms with Gasteiger partial charge in [-0.3, -0.25) is 14.4 Å². The molecule has 2 aromatic carbocycles. The standard InChI is InChI=1S/C19H13NO5S/c1-11-2-5-13(6-3-11)17(21)20-18(22)16(26-19(20)23)9-12-4-7-14-15(8-12)25-10-24-14/h2-9H,10H2,1H3/b16-9+. The summed E-state index contributed by atoms with van der Waals surface area (Å²) in [7, 11) is 0. The minimum absolute atomic E-state index is 0.153. The summed E-state index contributed by atoms with van der Waals surface area (Å²) in [5.74, 6) is -0.0386. The molecule has 0 unspecified atom stereocenters. The number of rotatable bonds is 2. The number of nitrogens with zero attached hydrogens (tertiary/aromatic N) is 1. The molecule has 3 amide bonds. The smallest absolute Gasteiger partial charge is 0.300 e. The number of ether oxygens (including phenoxy) is 2. The summed E-state index contributed by atoms with van der Waals surface area (Å²) in [6.07, 6.45) is 1.56. The molecule has 0 aromatic heterocycles. The monoisotopic (exact) mass is 367 g/mol. The predicted molar refractivity (Wildman–Crippen MR) is 95.9 cm³/mol. The number of thioether (sulfide) groups is 1. The van der Waals surface area contributed by atoms with Gasteiger partial charge < -0.3 is 9.47 Å². The number of carbonyl (C=O) groups is 3. The molecule has 2 heterocycles. The van der Waals surface area contributed by atoms with Crippen molar-refractivity contribution >= 4 is 34.9 Å². The van der Waals surface area contributed by atoms with Gasteiger partial charge in [0.2, 0.25) is 6.79 Å². The fourth-order valence-electron chi connectivity index (χ4n) is 2.62. The third-order valence-electron chi connectivity index (χ3n) is 3.99. The van der Waals surface area contributed by atoms with Crippen LogP contribution in [0.3, 0.4) is 0 Å². The zero-order valence-corrected chi connectivity index (χ0v) is 14.5. The maximum Gasteiger partial charge on any atom is 0.300 e. The van der Waals surface area contributed by atoms with E-state index >= 15 is 0 Å². The Hall–Kier alpha value is -3.06. The van der Waals surface area contributed by atoms with E-state index in [-0.39, 0.29) is 11.7 Å². The van der Waals surface area contributed by atoms with E-state index in [1.54, 1.807) is 48.5 Å². The van der Waals surface area contributed by atoms with Crippen molar-refractivity contribution in [3.63, 3.8) is 0 Å². The number of hydrogen-bond donors (Lipinski definition) is 0. The Morgan fingerprint density at radius 1 is 1.08 bits per heavy atom. The van der Waals surface area contributed by atoms with Gasteiger partial charge in [0.1, 0.15) is 0 Å². The van der Waals surface area contributed by atoms with Crippen LogP contribution in [0.15, 0.2) is 47.4 Å². The van der Waals surface area contributed by atoms with Crippen LogP contribution in [0.1, 0.15) is 21.5 Å². The first-order valence-electron chi connectivity index (χ1n) is 7.81. The van der Waals surface area contributed by atoms with Gasteiger partial charge in [0.05, 0.1) is 4.91 Å². The van der Waals surface area contributed by atoms with Crippen LogP contribution < -0.4 is 9.47 Å². The molecule has 0 N–H and O–H groups in total. The molecular formula is C19H13NO5S. The van der Waals surface area contributed by atoms with Crippen LogP contribution in [0.2, 0.25) is 0 Å². The molecule has 26 heavy (non-hydrogen) atoms. The minimum atomic E-state index is -0.624. The molecule has 7 heteroatoms. The highest BCUT2D eigenvalue weighted by Gasteiger charge is 2.40. The first-order valence-corrected chi connectivity index (χ1v) is 8.63. The van der Waals surface area contributed by atoms with Crippen LogP contribution in [0.4, 0.5) is 4.79 Å². The van der Waals surface area contributed by atoms with Gasteiger partial charge in [0.15, 0.2) is 11.5 Å². The van der Waals surface area contributed by atoms with Crippen LogP contribution in [0, 0.1) is 6.92 Å². The zero-order valence-electron chi connectivity index (χ0n) is 13.7. The van der Waals surface area contributed by atoms with Gasteiger partial charge in [-0.25, -0.2) is 4.90 Å². The Bertz CT molecular complexity index is 964. The highest BCUT2D eigenvalue weighted by molar-refractivity contribution is 8.18. The second kappa shape index (κ2) is 6.34. The van der Waals surface area contributed by atoms with Crippen molar-refractivity contribution in [2.24, 2.45) is 0 Å². The van der Waals surface area contributed by atoms with E-state index < -0.39 is 17.1 Å². The van der Waals surface area contributed by atoms with Crippen LogP contribution in [0.25, 0.3) is 6.08 Å². The molecule has 2 aliphatic heterocycles. The summed E-state index contributed by atoms with van der Waals surface area (Å²) in [4.78, 5) is 38.2. The Kier molecular flexibility index (Phi) is 4.00. The van der Waals surface area contributed by atoms with Crippen molar-refractivity contribution in [1.29, 1.82) is 0 Å². The summed E-state index contributed by atoms with van der Waals surface area (Å²) >= 11 is 0.742. The number of aryl methyl sites for hydroxylation is 1. The van der Waals surface area contributed by atoms with Crippen molar-refractivity contribution < 1.29 is 23.9 Å². The molecule has 2 aromatic rings. The van der Waals surface area contributed by atoms with Gasteiger partial charge in [0.25, 0.3) is 11.8 Å². The van der Waals surface area contributed by atoms with Crippen molar-refractivity contribution in [2.75, 3.05) is 6.79 Å². The molecule has 130 valence electrons. The van der Waals surface area contributed by atoms with Crippen molar-refractivity contribution in [2.45, 2.75) is 6.92 Å². The summed E-state index contributed by atoms with van der Waals surface area (Å²) in [5.41, 5.74) is 1.96. The van der Waals surface area contributed by atoms with E-state index in [9.17, 15) is 14.4 Å². The van der Waals surface area contributed by atoms with Crippen LogP contribution in [0.5, 0.6) is 11.5 Å². The van der Waals surface area contributed by atoms with Gasteiger partial charge in [-0.15, -0.1) is 0 Å². The molecule has 4 rings (SSSR count). The van der Waals surface area contributed by atoms with Gasteiger partial charge >= 0.3 is 5.24 Å². The summed E-state index contributed by atoms with van der Waals surface area (Å²) in [5, 5.41) is -0.604. The van der Waals surface area contributed by atoms with Gasteiger partial charge in [0, 0.05) is 5.56 Å². The molecule has 6 nitrogen and oxygen atoms in total. The van der Waals surface area contributed by atoms with E-state index in [0.29, 0.717) is 27.5 Å². The van der Waals surface area contributed by atoms with Crippen LogP contribution in [-0.4, -0.2) is 28.7 Å². The fourth-order valence-corrected chi connectivity index (χ4v) is 3.44. The number of benzene rings is 2. The maximum absolute atomic E-state index is 12.6. The molecule has 1 saturated heterocycles. The van der Waals surface area contributed by atoms with E-state index in [1.807, 2.05) is 6.92 Å². The predicted octanol–water partition coefficient (Wildman–Crippen LogP) is 3.60. The minimum Gasteiger partial charge on any atom is -0.454 e. The Labute approximate surface area is 153 Å². The molecule has 0 saturated carbocycles. The highest BCUT2D eigenvalue weighted by atomic mass is 32.2. The van der Waals surface area contributed by atoms with Crippen molar-refractivity contribution in [1.82, 2.24) is 4.90 Å². The normalized spacial score (nSPS) is 17.3. The summed E-state index contributed by atoms with van der Waals surface area (Å²) < 4.78 is 10.5. The van der Waals surface area contributed by atoms with Gasteiger partial charge in [-0.2, -0.15) is 0 Å². The quantitative estimate of drug-likeness (QED) is 0.596. The summed E-state index contributed by atoms with van der Waals surface area (Å²) in [6.45, 7) is 2.04. The van der Waals surface area contributed by atoms with Gasteiger partial charge in [-0.05, 0) is 54.6 Å². The van der Waals surface area contributed by atoms with Crippen molar-refractivity contribution in [3.05, 3.63) is 64.1 Å². The lowest BCUT2D eigenvalue weighted by Gasteiger charge is -2.10. The topological polar surface area (TPSA) is 72.9 Å². The third-order valence-corrected chi connectivity index (χ3v) is 4.86. The lowest BCUT2D eigenvalue weighted by molar-refractivity contribution is -0.120. The first-order chi connectivity index (χ1) is 12.5. The fraction of sp³-hybridized carbons (Fsp3) is 0.105. The number of hydrogen-bond acceptors (Lipinski definition) is 6. The van der Waals surface area contributed by atoms with E-state index in [2.05, 4.69) is 0 Å². The maximum atomic E-state index is 12.6. The first kappa shape index (κ1) is 16.4. The van der Waals surface area contributed by atoms with Crippen molar-refractivity contribution in [3.8, 4) is 11.5 Å². The molecule has 0 radical (unpaired) electrons. The Morgan fingerprint density at radius 3 is 2.58 bits per heavy atom. The SMILES string of the molecule is Cc1ccc(C(=O)N2C(=O)S/C(=C/c3ccc4c(c3)OCO4)C2=O)cc1. The number of fused-ring (bicyclic) bond motifs is 1. The highest BCUT2D eigenvalue weighted by Crippen LogP contribution is 2.36. The zero-order chi connectivity index (χ0) is 18.3. The second-order valence-electron chi connectivity index (χ2n) is 5.80. The van der Waals surface area contributed by atoms with Crippen LogP contribution in [-0.2, 0) is 4.79 Å². The van der Waals surface area contributed by atoms with E-state index in [1.165, 1.54) is 0 Å². The van der Waals surface area contributed by atoms with E-state index in [4.69, 9.17) is 9.47 Å². The number of imide groups is 3. The molecule has 0 atom stereocenters. The second-order valence-corrected chi connectivity index (χ2v) is 6.79. The Balaban J connectivity index is 1.60. The average Bonchev–Trinajstić information content (AvgIpc) is 3.19. The molecule has 0 spiro atoms. The van der Waals surface area contributed by atoms with Crippen LogP contribution >= 0.6 is 11.8 Å². The Morgan fingerprint density at radius 2 is 1.81 bits per heavy atom.